The topological polar surface area (TPSA) is 60.9 Å². The summed E-state index contributed by atoms with van der Waals surface area (Å²) in [6, 6.07) is 5.24. The molecule has 152 valence electrons. The van der Waals surface area contributed by atoms with E-state index in [-0.39, 0.29) is 17.0 Å². The lowest BCUT2D eigenvalue weighted by Gasteiger charge is -2.31. The standard InChI is InChI=1S/C17H24F3N3O3S/c1-3-7-22(13-17(18,19)20)16(24)14-5-4-6-15(12-14)27(25,26)23-10-8-21(2)9-11-23/h4-6,12H,3,7-11,13H2,1-2H3. The van der Waals surface area contributed by atoms with Crippen molar-refractivity contribution in [3.05, 3.63) is 29.8 Å². The molecule has 0 saturated carbocycles. The molecule has 0 N–H and O–H groups in total. The van der Waals surface area contributed by atoms with E-state index in [1.165, 1.54) is 22.5 Å². The minimum Gasteiger partial charge on any atom is -0.330 e. The zero-order chi connectivity index (χ0) is 20.2. The first-order valence-electron chi connectivity index (χ1n) is 8.69. The summed E-state index contributed by atoms with van der Waals surface area (Å²) < 4.78 is 65.2. The van der Waals surface area contributed by atoms with Gasteiger partial charge in [-0.1, -0.05) is 13.0 Å². The maximum Gasteiger partial charge on any atom is 0.406 e. The Labute approximate surface area is 157 Å². The van der Waals surface area contributed by atoms with E-state index in [0.29, 0.717) is 37.5 Å². The highest BCUT2D eigenvalue weighted by molar-refractivity contribution is 7.89. The summed E-state index contributed by atoms with van der Waals surface area (Å²) in [6.45, 7) is 2.08. The second-order valence-corrected chi connectivity index (χ2v) is 8.52. The zero-order valence-electron chi connectivity index (χ0n) is 15.4. The van der Waals surface area contributed by atoms with Gasteiger partial charge >= 0.3 is 6.18 Å². The smallest absolute Gasteiger partial charge is 0.330 e. The highest BCUT2D eigenvalue weighted by Crippen LogP contribution is 2.22. The Morgan fingerprint density at radius 1 is 1.19 bits per heavy atom. The van der Waals surface area contributed by atoms with Gasteiger partial charge in [0.2, 0.25) is 10.0 Å². The highest BCUT2D eigenvalue weighted by Gasteiger charge is 2.33. The molecule has 1 fully saturated rings. The van der Waals surface area contributed by atoms with Crippen molar-refractivity contribution in [3.63, 3.8) is 0 Å². The second kappa shape index (κ2) is 8.57. The molecular formula is C17H24F3N3O3S. The molecule has 0 unspecified atom stereocenters. The average Bonchev–Trinajstić information content (AvgIpc) is 2.60. The number of nitrogens with zero attached hydrogens (tertiary/aromatic N) is 3. The lowest BCUT2D eigenvalue weighted by atomic mass is 10.2. The van der Waals surface area contributed by atoms with E-state index in [9.17, 15) is 26.4 Å². The van der Waals surface area contributed by atoms with Gasteiger partial charge in [-0.2, -0.15) is 17.5 Å². The summed E-state index contributed by atoms with van der Waals surface area (Å²) in [7, 11) is -1.91. The Balaban J connectivity index is 2.26. The monoisotopic (exact) mass is 407 g/mol. The maximum absolute atomic E-state index is 12.8. The molecule has 1 aliphatic heterocycles. The fourth-order valence-corrected chi connectivity index (χ4v) is 4.36. The molecule has 1 aliphatic rings. The largest absolute Gasteiger partial charge is 0.406 e. The highest BCUT2D eigenvalue weighted by atomic mass is 32.2. The number of rotatable bonds is 6. The minimum atomic E-state index is -4.52. The third-order valence-electron chi connectivity index (χ3n) is 4.33. The number of benzene rings is 1. The molecule has 2 rings (SSSR count). The molecule has 0 spiro atoms. The average molecular weight is 407 g/mol. The number of carbonyl (C=O) groups excluding carboxylic acids is 1. The van der Waals surface area contributed by atoms with Crippen LogP contribution < -0.4 is 0 Å². The van der Waals surface area contributed by atoms with Gasteiger partial charge in [0, 0.05) is 38.3 Å². The molecule has 1 aromatic carbocycles. The number of likely N-dealkylation sites (N-methyl/N-ethyl adjacent to an activating group) is 1. The quantitative estimate of drug-likeness (QED) is 0.724. The Morgan fingerprint density at radius 3 is 2.37 bits per heavy atom. The summed E-state index contributed by atoms with van der Waals surface area (Å²) in [6.07, 6.45) is -4.16. The number of alkyl halides is 3. The van der Waals surface area contributed by atoms with Crippen LogP contribution in [0.1, 0.15) is 23.7 Å². The Hall–Kier alpha value is -1.65. The van der Waals surface area contributed by atoms with Crippen LogP contribution in [0.25, 0.3) is 0 Å². The van der Waals surface area contributed by atoms with Gasteiger partial charge in [-0.25, -0.2) is 8.42 Å². The fraction of sp³-hybridized carbons (Fsp3) is 0.588. The predicted octanol–water partition coefficient (Wildman–Crippen LogP) is 2.04. The molecular weight excluding hydrogens is 383 g/mol. The van der Waals surface area contributed by atoms with Crippen LogP contribution in [0.15, 0.2) is 29.2 Å². The van der Waals surface area contributed by atoms with E-state index in [4.69, 9.17) is 0 Å². The number of hydrogen-bond donors (Lipinski definition) is 0. The van der Waals surface area contributed by atoms with E-state index in [0.717, 1.165) is 6.07 Å². The fourth-order valence-electron chi connectivity index (χ4n) is 2.89. The Kier molecular flexibility index (Phi) is 6.87. The Morgan fingerprint density at radius 2 is 1.81 bits per heavy atom. The van der Waals surface area contributed by atoms with Crippen molar-refractivity contribution in [2.24, 2.45) is 0 Å². The molecule has 10 heteroatoms. The van der Waals surface area contributed by atoms with Gasteiger partial charge in [0.25, 0.3) is 5.91 Å². The number of hydrogen-bond acceptors (Lipinski definition) is 4. The van der Waals surface area contributed by atoms with E-state index < -0.39 is 28.7 Å². The molecule has 27 heavy (non-hydrogen) atoms. The number of carbonyl (C=O) groups is 1. The molecule has 0 atom stereocenters. The number of halogens is 3. The summed E-state index contributed by atoms with van der Waals surface area (Å²) in [4.78, 5) is 15.1. The predicted molar refractivity (Wildman–Crippen MR) is 94.9 cm³/mol. The van der Waals surface area contributed by atoms with Crippen LogP contribution in [0, 0.1) is 0 Å². The van der Waals surface area contributed by atoms with Crippen LogP contribution in [0.3, 0.4) is 0 Å². The first-order valence-corrected chi connectivity index (χ1v) is 10.1. The van der Waals surface area contributed by atoms with Gasteiger partial charge in [-0.3, -0.25) is 4.79 Å². The van der Waals surface area contributed by atoms with E-state index >= 15 is 0 Å². The summed E-state index contributed by atoms with van der Waals surface area (Å²) in [5.74, 6) is -0.829. The minimum absolute atomic E-state index is 0.0617. The molecule has 1 amide bonds. The number of sulfonamides is 1. The van der Waals surface area contributed by atoms with Crippen molar-refractivity contribution in [1.29, 1.82) is 0 Å². The third-order valence-corrected chi connectivity index (χ3v) is 6.23. The first-order chi connectivity index (χ1) is 12.5. The van der Waals surface area contributed by atoms with Gasteiger partial charge in [-0.05, 0) is 31.7 Å². The molecule has 1 heterocycles. The first kappa shape index (κ1) is 21.6. The summed E-state index contributed by atoms with van der Waals surface area (Å²) in [5, 5.41) is 0. The molecule has 0 aromatic heterocycles. The van der Waals surface area contributed by atoms with Crippen molar-refractivity contribution in [3.8, 4) is 0 Å². The SMILES string of the molecule is CCCN(CC(F)(F)F)C(=O)c1cccc(S(=O)(=O)N2CCN(C)CC2)c1. The van der Waals surface area contributed by atoms with Crippen molar-refractivity contribution >= 4 is 15.9 Å². The van der Waals surface area contributed by atoms with Gasteiger partial charge in [-0.15, -0.1) is 0 Å². The van der Waals surface area contributed by atoms with Crippen molar-refractivity contribution in [2.45, 2.75) is 24.4 Å². The molecule has 6 nitrogen and oxygen atoms in total. The van der Waals surface area contributed by atoms with Crippen LogP contribution in [0.5, 0.6) is 0 Å². The number of piperazine rings is 1. The van der Waals surface area contributed by atoms with Crippen molar-refractivity contribution in [1.82, 2.24) is 14.1 Å². The Bertz CT molecular complexity index is 760. The summed E-state index contributed by atoms with van der Waals surface area (Å²) >= 11 is 0. The van der Waals surface area contributed by atoms with Gasteiger partial charge in [0.05, 0.1) is 4.90 Å². The van der Waals surface area contributed by atoms with Crippen LogP contribution in [-0.2, 0) is 10.0 Å². The molecule has 0 radical (unpaired) electrons. The molecule has 0 aliphatic carbocycles. The van der Waals surface area contributed by atoms with E-state index in [2.05, 4.69) is 0 Å². The van der Waals surface area contributed by atoms with E-state index in [1.807, 2.05) is 11.9 Å². The van der Waals surface area contributed by atoms with Gasteiger partial charge in [0.15, 0.2) is 0 Å². The van der Waals surface area contributed by atoms with Gasteiger partial charge in [0.1, 0.15) is 6.54 Å². The van der Waals surface area contributed by atoms with Crippen LogP contribution in [0.2, 0.25) is 0 Å². The zero-order valence-corrected chi connectivity index (χ0v) is 16.2. The maximum atomic E-state index is 12.8. The number of amides is 1. The lowest BCUT2D eigenvalue weighted by molar-refractivity contribution is -0.140. The normalized spacial score (nSPS) is 17.1. The van der Waals surface area contributed by atoms with Crippen molar-refractivity contribution in [2.75, 3.05) is 46.3 Å². The van der Waals surface area contributed by atoms with E-state index in [1.54, 1.807) is 6.92 Å². The van der Waals surface area contributed by atoms with Crippen LogP contribution in [0.4, 0.5) is 13.2 Å². The van der Waals surface area contributed by atoms with Crippen molar-refractivity contribution < 1.29 is 26.4 Å². The summed E-state index contributed by atoms with van der Waals surface area (Å²) in [5.41, 5.74) is -0.0668. The molecule has 0 bridgehead atoms. The molecule has 1 aromatic rings. The third kappa shape index (κ3) is 5.66. The van der Waals surface area contributed by atoms with Crippen LogP contribution in [-0.4, -0.2) is 80.9 Å². The van der Waals surface area contributed by atoms with Crippen LogP contribution >= 0.6 is 0 Å². The second-order valence-electron chi connectivity index (χ2n) is 6.58. The lowest BCUT2D eigenvalue weighted by Crippen LogP contribution is -2.47. The molecule has 1 saturated heterocycles. The van der Waals surface area contributed by atoms with Gasteiger partial charge < -0.3 is 9.80 Å².